The highest BCUT2D eigenvalue weighted by atomic mass is 35.5. The van der Waals surface area contributed by atoms with E-state index >= 15 is 0 Å². The summed E-state index contributed by atoms with van der Waals surface area (Å²) in [6, 6.07) is 2.51. The molecule has 0 saturated heterocycles. The van der Waals surface area contributed by atoms with Gasteiger partial charge in [-0.1, -0.05) is 34.8 Å². The Hall–Kier alpha value is -1.57. The molecule has 0 spiro atoms. The molecule has 0 bridgehead atoms. The minimum Gasteiger partial charge on any atom is -0.478 e. The average Bonchev–Trinajstić information content (AvgIpc) is 2.66. The molecule has 22 heavy (non-hydrogen) atoms. The molecule has 10 heteroatoms. The summed E-state index contributed by atoms with van der Waals surface area (Å²) in [5.74, 6) is -1.67. The molecule has 0 radical (unpaired) electrons. The number of aromatic nitrogens is 2. The molecular formula is C12H7Cl3F2N2O3. The molecule has 118 valence electrons. The van der Waals surface area contributed by atoms with E-state index < -0.39 is 12.6 Å². The van der Waals surface area contributed by atoms with E-state index in [1.807, 2.05) is 0 Å². The van der Waals surface area contributed by atoms with E-state index in [4.69, 9.17) is 39.9 Å². The molecule has 0 atom stereocenters. The molecule has 1 aromatic heterocycles. The van der Waals surface area contributed by atoms with Crippen LogP contribution >= 0.6 is 34.8 Å². The van der Waals surface area contributed by atoms with Crippen molar-refractivity contribution in [2.45, 2.75) is 6.61 Å². The number of benzene rings is 1. The summed E-state index contributed by atoms with van der Waals surface area (Å²) >= 11 is 18.0. The van der Waals surface area contributed by atoms with Crippen LogP contribution in [-0.2, 0) is 7.05 Å². The Morgan fingerprint density at radius 2 is 1.95 bits per heavy atom. The smallest absolute Gasteiger partial charge is 0.388 e. The van der Waals surface area contributed by atoms with Crippen LogP contribution in [-0.4, -0.2) is 27.5 Å². The molecule has 0 aliphatic rings. The van der Waals surface area contributed by atoms with Crippen molar-refractivity contribution in [1.82, 2.24) is 9.78 Å². The normalized spacial score (nSPS) is 11.0. The van der Waals surface area contributed by atoms with Crippen LogP contribution in [0.25, 0.3) is 11.3 Å². The molecule has 2 aromatic rings. The molecule has 1 aromatic carbocycles. The topological polar surface area (TPSA) is 64.4 Å². The second-order valence-corrected chi connectivity index (χ2v) is 5.22. The Kier molecular flexibility index (Phi) is 4.79. The van der Waals surface area contributed by atoms with Crippen LogP contribution in [0.15, 0.2) is 12.1 Å². The second kappa shape index (κ2) is 6.28. The molecule has 2 rings (SSSR count). The summed E-state index contributed by atoms with van der Waals surface area (Å²) < 4.78 is 30.0. The average molecular weight is 372 g/mol. The number of alkyl halides is 2. The van der Waals surface area contributed by atoms with Gasteiger partial charge in [-0.15, -0.1) is 0 Å². The van der Waals surface area contributed by atoms with Gasteiger partial charge in [0, 0.05) is 12.6 Å². The van der Waals surface area contributed by atoms with Crippen molar-refractivity contribution in [3.8, 4) is 17.1 Å². The minimum atomic E-state index is -3.10. The fourth-order valence-corrected chi connectivity index (χ4v) is 2.72. The number of rotatable bonds is 4. The van der Waals surface area contributed by atoms with Crippen LogP contribution in [0, 0.1) is 0 Å². The van der Waals surface area contributed by atoms with Gasteiger partial charge in [-0.2, -0.15) is 13.9 Å². The van der Waals surface area contributed by atoms with E-state index in [1.54, 1.807) is 0 Å². The summed E-state index contributed by atoms with van der Waals surface area (Å²) in [6.07, 6.45) is 0. The monoisotopic (exact) mass is 370 g/mol. The number of ether oxygens (including phenoxy) is 1. The van der Waals surface area contributed by atoms with Crippen LogP contribution in [0.1, 0.15) is 10.4 Å². The quantitative estimate of drug-likeness (QED) is 0.868. The standard InChI is InChI=1S/C12H7Cl3F2N2O3/c1-19-10(22-12(16)17)8(15)9(18-19)6-5(13)3-2-4(7(6)14)11(20)21/h2-3,12H,1H3,(H,20,21). The first-order valence-electron chi connectivity index (χ1n) is 5.63. The van der Waals surface area contributed by atoms with Gasteiger partial charge >= 0.3 is 12.6 Å². The predicted octanol–water partition coefficient (Wildman–Crippen LogP) is 4.35. The van der Waals surface area contributed by atoms with E-state index in [0.717, 1.165) is 4.68 Å². The maximum Gasteiger partial charge on any atom is 0.388 e. The lowest BCUT2D eigenvalue weighted by atomic mass is 10.1. The summed E-state index contributed by atoms with van der Waals surface area (Å²) in [4.78, 5) is 11.1. The summed E-state index contributed by atoms with van der Waals surface area (Å²) in [5, 5.41) is 12.6. The van der Waals surface area contributed by atoms with Gasteiger partial charge in [-0.25, -0.2) is 9.48 Å². The zero-order valence-electron chi connectivity index (χ0n) is 10.8. The number of hydrogen-bond acceptors (Lipinski definition) is 3. The molecule has 0 aliphatic heterocycles. The third-order valence-corrected chi connectivity index (χ3v) is 3.75. The highest BCUT2D eigenvalue weighted by Crippen LogP contribution is 2.42. The van der Waals surface area contributed by atoms with E-state index in [0.29, 0.717) is 0 Å². The van der Waals surface area contributed by atoms with Gasteiger partial charge in [0.15, 0.2) is 0 Å². The SMILES string of the molecule is Cn1nc(-c2c(Cl)ccc(C(=O)O)c2Cl)c(Cl)c1OC(F)F. The Morgan fingerprint density at radius 1 is 1.32 bits per heavy atom. The van der Waals surface area contributed by atoms with Crippen molar-refractivity contribution in [3.05, 3.63) is 32.8 Å². The number of aromatic carboxylic acids is 1. The van der Waals surface area contributed by atoms with Crippen molar-refractivity contribution in [2.75, 3.05) is 0 Å². The fraction of sp³-hybridized carbons (Fsp3) is 0.167. The van der Waals surface area contributed by atoms with Crippen molar-refractivity contribution >= 4 is 40.8 Å². The second-order valence-electron chi connectivity index (χ2n) is 4.06. The van der Waals surface area contributed by atoms with Gasteiger partial charge in [-0.3, -0.25) is 0 Å². The molecule has 1 heterocycles. The maximum atomic E-state index is 12.4. The molecule has 0 saturated carbocycles. The van der Waals surface area contributed by atoms with Crippen LogP contribution in [0.3, 0.4) is 0 Å². The molecule has 0 unspecified atom stereocenters. The summed E-state index contributed by atoms with van der Waals surface area (Å²) in [5.41, 5.74) is -0.259. The number of carboxylic acids is 1. The van der Waals surface area contributed by atoms with Crippen molar-refractivity contribution in [2.24, 2.45) is 7.05 Å². The molecule has 0 fully saturated rings. The zero-order valence-corrected chi connectivity index (χ0v) is 13.0. The van der Waals surface area contributed by atoms with Crippen LogP contribution in [0.2, 0.25) is 15.1 Å². The largest absolute Gasteiger partial charge is 0.478 e. The number of aryl methyl sites for hydroxylation is 1. The third kappa shape index (κ3) is 2.97. The summed E-state index contributed by atoms with van der Waals surface area (Å²) in [6.45, 7) is -3.10. The summed E-state index contributed by atoms with van der Waals surface area (Å²) in [7, 11) is 1.33. The number of hydrogen-bond donors (Lipinski definition) is 1. The number of carboxylic acid groups (broad SMARTS) is 1. The van der Waals surface area contributed by atoms with Crippen molar-refractivity contribution < 1.29 is 23.4 Å². The first-order valence-corrected chi connectivity index (χ1v) is 6.76. The van der Waals surface area contributed by atoms with Crippen molar-refractivity contribution in [1.29, 1.82) is 0 Å². The Morgan fingerprint density at radius 3 is 2.50 bits per heavy atom. The first-order chi connectivity index (χ1) is 10.2. The molecule has 0 amide bonds. The number of carbonyl (C=O) groups is 1. The maximum absolute atomic E-state index is 12.4. The molecule has 1 N–H and O–H groups in total. The first kappa shape index (κ1) is 16.8. The van der Waals surface area contributed by atoms with E-state index in [1.165, 1.54) is 19.2 Å². The lowest BCUT2D eigenvalue weighted by molar-refractivity contribution is -0.0552. The number of halogens is 5. The highest BCUT2D eigenvalue weighted by Gasteiger charge is 2.25. The predicted molar refractivity (Wildman–Crippen MR) is 77.3 cm³/mol. The van der Waals surface area contributed by atoms with E-state index in [9.17, 15) is 13.6 Å². The van der Waals surface area contributed by atoms with Gasteiger partial charge in [0.05, 0.1) is 15.6 Å². The number of nitrogens with zero attached hydrogens (tertiary/aromatic N) is 2. The molecule has 0 aliphatic carbocycles. The van der Waals surface area contributed by atoms with Gasteiger partial charge in [0.2, 0.25) is 5.88 Å². The van der Waals surface area contributed by atoms with E-state index in [-0.39, 0.29) is 37.8 Å². The molecule has 5 nitrogen and oxygen atoms in total. The highest BCUT2D eigenvalue weighted by molar-refractivity contribution is 6.42. The Balaban J connectivity index is 2.67. The van der Waals surface area contributed by atoms with Gasteiger partial charge in [0.25, 0.3) is 0 Å². The van der Waals surface area contributed by atoms with Crippen LogP contribution < -0.4 is 4.74 Å². The van der Waals surface area contributed by atoms with Gasteiger partial charge < -0.3 is 9.84 Å². The third-order valence-electron chi connectivity index (χ3n) is 2.70. The van der Waals surface area contributed by atoms with Gasteiger partial charge in [-0.05, 0) is 12.1 Å². The van der Waals surface area contributed by atoms with Crippen molar-refractivity contribution in [3.63, 3.8) is 0 Å². The minimum absolute atomic E-state index is 0.0212. The molecular weight excluding hydrogens is 364 g/mol. The fourth-order valence-electron chi connectivity index (χ4n) is 1.79. The Bertz CT molecular complexity index is 750. The van der Waals surface area contributed by atoms with E-state index in [2.05, 4.69) is 9.84 Å². The lowest BCUT2D eigenvalue weighted by Gasteiger charge is -2.07. The zero-order chi connectivity index (χ0) is 16.6. The van der Waals surface area contributed by atoms with Crippen LogP contribution in [0.4, 0.5) is 8.78 Å². The lowest BCUT2D eigenvalue weighted by Crippen LogP contribution is -2.06. The van der Waals surface area contributed by atoms with Gasteiger partial charge in [0.1, 0.15) is 10.7 Å². The Labute approximate surface area is 138 Å². The van der Waals surface area contributed by atoms with Crippen LogP contribution in [0.5, 0.6) is 5.88 Å².